The van der Waals surface area contributed by atoms with Gasteiger partial charge in [0.2, 0.25) is 5.88 Å². The fourth-order valence-electron chi connectivity index (χ4n) is 2.09. The molecule has 0 amide bonds. The lowest BCUT2D eigenvalue weighted by molar-refractivity contribution is 0.438. The van der Waals surface area contributed by atoms with Gasteiger partial charge in [-0.05, 0) is 29.8 Å². The van der Waals surface area contributed by atoms with E-state index >= 15 is 0 Å². The zero-order valence-corrected chi connectivity index (χ0v) is 11.4. The van der Waals surface area contributed by atoms with Crippen molar-refractivity contribution in [3.63, 3.8) is 0 Å². The smallest absolute Gasteiger partial charge is 0.230 e. The summed E-state index contributed by atoms with van der Waals surface area (Å²) >= 11 is 5.83. The SMILES string of the molecule is Nc1onc(-c2c(F)cccc2F)c1-c1ccc(Cl)cc1. The highest BCUT2D eigenvalue weighted by molar-refractivity contribution is 6.30. The first-order valence-corrected chi connectivity index (χ1v) is 6.41. The Kier molecular flexibility index (Phi) is 3.35. The number of nitrogens with two attached hydrogens (primary N) is 1. The van der Waals surface area contributed by atoms with Gasteiger partial charge in [0.1, 0.15) is 17.3 Å². The maximum absolute atomic E-state index is 13.9. The molecule has 106 valence electrons. The largest absolute Gasteiger partial charge is 0.367 e. The summed E-state index contributed by atoms with van der Waals surface area (Å²) in [6.07, 6.45) is 0. The van der Waals surface area contributed by atoms with E-state index in [2.05, 4.69) is 5.16 Å². The topological polar surface area (TPSA) is 52.0 Å². The van der Waals surface area contributed by atoms with Crippen molar-refractivity contribution in [1.82, 2.24) is 5.16 Å². The van der Waals surface area contributed by atoms with Crippen LogP contribution in [0.2, 0.25) is 5.02 Å². The maximum Gasteiger partial charge on any atom is 0.230 e. The number of rotatable bonds is 2. The van der Waals surface area contributed by atoms with E-state index in [1.807, 2.05) is 0 Å². The van der Waals surface area contributed by atoms with Crippen molar-refractivity contribution in [3.8, 4) is 22.4 Å². The Hall–Kier alpha value is -2.40. The lowest BCUT2D eigenvalue weighted by Crippen LogP contribution is -1.93. The maximum atomic E-state index is 13.9. The molecule has 0 aliphatic carbocycles. The van der Waals surface area contributed by atoms with Gasteiger partial charge in [0.05, 0.1) is 11.1 Å². The van der Waals surface area contributed by atoms with Crippen LogP contribution in [0.5, 0.6) is 0 Å². The lowest BCUT2D eigenvalue weighted by Gasteiger charge is -2.05. The average molecular weight is 307 g/mol. The highest BCUT2D eigenvalue weighted by atomic mass is 35.5. The van der Waals surface area contributed by atoms with Crippen LogP contribution in [0.1, 0.15) is 0 Å². The van der Waals surface area contributed by atoms with Crippen molar-refractivity contribution in [2.24, 2.45) is 0 Å². The molecule has 0 spiro atoms. The molecule has 0 aliphatic rings. The number of hydrogen-bond donors (Lipinski definition) is 1. The summed E-state index contributed by atoms with van der Waals surface area (Å²) in [7, 11) is 0. The van der Waals surface area contributed by atoms with Gasteiger partial charge in [-0.25, -0.2) is 8.78 Å². The van der Waals surface area contributed by atoms with Crippen LogP contribution in [0, 0.1) is 11.6 Å². The van der Waals surface area contributed by atoms with Crippen LogP contribution in [0.15, 0.2) is 47.0 Å². The molecule has 2 aromatic carbocycles. The van der Waals surface area contributed by atoms with Gasteiger partial charge in [-0.2, -0.15) is 0 Å². The molecule has 0 radical (unpaired) electrons. The Morgan fingerprint density at radius 1 is 0.952 bits per heavy atom. The van der Waals surface area contributed by atoms with E-state index in [1.165, 1.54) is 6.07 Å². The predicted molar refractivity (Wildman–Crippen MR) is 76.7 cm³/mol. The van der Waals surface area contributed by atoms with E-state index in [-0.39, 0.29) is 17.1 Å². The minimum Gasteiger partial charge on any atom is -0.367 e. The van der Waals surface area contributed by atoms with E-state index in [9.17, 15) is 8.78 Å². The van der Waals surface area contributed by atoms with Crippen LogP contribution in [-0.2, 0) is 0 Å². The molecule has 21 heavy (non-hydrogen) atoms. The van der Waals surface area contributed by atoms with Crippen LogP contribution in [-0.4, -0.2) is 5.16 Å². The fourth-order valence-corrected chi connectivity index (χ4v) is 2.22. The summed E-state index contributed by atoms with van der Waals surface area (Å²) in [6.45, 7) is 0. The Balaban J connectivity index is 2.24. The first-order chi connectivity index (χ1) is 10.1. The molecule has 2 N–H and O–H groups in total. The number of aromatic nitrogens is 1. The Labute approximate surface area is 123 Å². The quantitative estimate of drug-likeness (QED) is 0.757. The molecule has 0 saturated heterocycles. The van der Waals surface area contributed by atoms with E-state index in [1.54, 1.807) is 24.3 Å². The van der Waals surface area contributed by atoms with Gasteiger partial charge in [0.25, 0.3) is 0 Å². The molecule has 3 aromatic rings. The summed E-state index contributed by atoms with van der Waals surface area (Å²) in [6, 6.07) is 10.2. The Morgan fingerprint density at radius 2 is 1.57 bits per heavy atom. The van der Waals surface area contributed by atoms with Gasteiger partial charge in [0, 0.05) is 5.02 Å². The molecule has 1 heterocycles. The van der Waals surface area contributed by atoms with Gasteiger partial charge < -0.3 is 10.3 Å². The van der Waals surface area contributed by atoms with Crippen LogP contribution >= 0.6 is 11.6 Å². The van der Waals surface area contributed by atoms with Crippen LogP contribution in [0.3, 0.4) is 0 Å². The summed E-state index contributed by atoms with van der Waals surface area (Å²) in [5.74, 6) is -1.49. The molecular formula is C15H9ClF2N2O. The highest BCUT2D eigenvalue weighted by Crippen LogP contribution is 2.38. The van der Waals surface area contributed by atoms with Gasteiger partial charge in [-0.1, -0.05) is 35.0 Å². The number of hydrogen-bond acceptors (Lipinski definition) is 3. The standard InChI is InChI=1S/C15H9ClF2N2O/c16-9-6-4-8(5-7-9)12-14(20-21-15(12)19)13-10(17)2-1-3-11(13)18/h1-7H,19H2. The normalized spacial score (nSPS) is 10.8. The van der Waals surface area contributed by atoms with E-state index in [4.69, 9.17) is 21.9 Å². The summed E-state index contributed by atoms with van der Waals surface area (Å²) in [4.78, 5) is 0. The number of anilines is 1. The first-order valence-electron chi connectivity index (χ1n) is 6.03. The van der Waals surface area contributed by atoms with E-state index in [0.717, 1.165) is 12.1 Å². The number of benzene rings is 2. The molecule has 0 aliphatic heterocycles. The monoisotopic (exact) mass is 306 g/mol. The summed E-state index contributed by atoms with van der Waals surface area (Å²) < 4.78 is 32.7. The van der Waals surface area contributed by atoms with Crippen molar-refractivity contribution < 1.29 is 13.3 Å². The third-order valence-electron chi connectivity index (χ3n) is 3.05. The van der Waals surface area contributed by atoms with Crippen molar-refractivity contribution in [2.75, 3.05) is 5.73 Å². The molecule has 0 bridgehead atoms. The van der Waals surface area contributed by atoms with Crippen LogP contribution in [0.4, 0.5) is 14.7 Å². The number of nitrogen functional groups attached to an aromatic ring is 1. The lowest BCUT2D eigenvalue weighted by atomic mass is 10.0. The zero-order valence-electron chi connectivity index (χ0n) is 10.6. The molecule has 0 saturated carbocycles. The molecule has 6 heteroatoms. The van der Waals surface area contributed by atoms with Gasteiger partial charge >= 0.3 is 0 Å². The third-order valence-corrected chi connectivity index (χ3v) is 3.30. The predicted octanol–water partition coefficient (Wildman–Crippen LogP) is 4.52. The first kappa shape index (κ1) is 13.6. The minimum atomic E-state index is -0.737. The van der Waals surface area contributed by atoms with Crippen LogP contribution in [0.25, 0.3) is 22.4 Å². The van der Waals surface area contributed by atoms with Crippen molar-refractivity contribution in [2.45, 2.75) is 0 Å². The molecular weight excluding hydrogens is 298 g/mol. The number of nitrogens with zero attached hydrogens (tertiary/aromatic N) is 1. The Morgan fingerprint density at radius 3 is 2.19 bits per heavy atom. The van der Waals surface area contributed by atoms with Crippen molar-refractivity contribution in [3.05, 3.63) is 59.1 Å². The Bertz CT molecular complexity index is 780. The summed E-state index contributed by atoms with van der Waals surface area (Å²) in [5.41, 5.74) is 6.42. The highest BCUT2D eigenvalue weighted by Gasteiger charge is 2.22. The second kappa shape index (κ2) is 5.18. The van der Waals surface area contributed by atoms with Crippen molar-refractivity contribution in [1.29, 1.82) is 0 Å². The summed E-state index contributed by atoms with van der Waals surface area (Å²) in [5, 5.41) is 4.23. The zero-order chi connectivity index (χ0) is 15.0. The molecule has 3 nitrogen and oxygen atoms in total. The number of halogens is 3. The fraction of sp³-hybridized carbons (Fsp3) is 0. The van der Waals surface area contributed by atoms with Crippen LogP contribution < -0.4 is 5.73 Å². The molecule has 0 unspecified atom stereocenters. The molecule has 3 rings (SSSR count). The second-order valence-electron chi connectivity index (χ2n) is 4.37. The third kappa shape index (κ3) is 2.36. The van der Waals surface area contributed by atoms with Crippen molar-refractivity contribution >= 4 is 17.5 Å². The molecule has 1 aromatic heterocycles. The average Bonchev–Trinajstić information content (AvgIpc) is 2.82. The van der Waals surface area contributed by atoms with E-state index in [0.29, 0.717) is 16.1 Å². The molecule has 0 atom stereocenters. The van der Waals surface area contributed by atoms with E-state index < -0.39 is 11.6 Å². The second-order valence-corrected chi connectivity index (χ2v) is 4.81. The molecule has 0 fully saturated rings. The van der Waals surface area contributed by atoms with Gasteiger partial charge in [-0.3, -0.25) is 0 Å². The minimum absolute atomic E-state index is 0.0185. The van der Waals surface area contributed by atoms with Gasteiger partial charge in [-0.15, -0.1) is 0 Å². The van der Waals surface area contributed by atoms with Gasteiger partial charge in [0.15, 0.2) is 0 Å².